The van der Waals surface area contributed by atoms with Crippen LogP contribution in [0.25, 0.3) is 0 Å². The third-order valence-corrected chi connectivity index (χ3v) is 6.76. The van der Waals surface area contributed by atoms with E-state index in [4.69, 9.17) is 17.0 Å². The van der Waals surface area contributed by atoms with Gasteiger partial charge in [-0.1, -0.05) is 19.3 Å². The number of halogens is 2. The van der Waals surface area contributed by atoms with Crippen LogP contribution in [0.3, 0.4) is 0 Å². The number of pyridine rings is 1. The summed E-state index contributed by atoms with van der Waals surface area (Å²) in [6, 6.07) is 9.28. The number of thioether (sulfide) groups is 1. The molecule has 10 heteroatoms. The van der Waals surface area contributed by atoms with Crippen molar-refractivity contribution < 1.29 is 13.5 Å². The van der Waals surface area contributed by atoms with E-state index in [9.17, 15) is 14.0 Å². The number of rotatable bonds is 8. The van der Waals surface area contributed by atoms with Crippen LogP contribution >= 0.6 is 24.0 Å². The molecule has 0 aliphatic heterocycles. The second-order valence-corrected chi connectivity index (χ2v) is 9.37. The molecule has 0 saturated heterocycles. The Morgan fingerprint density at radius 3 is 2.79 bits per heavy atom. The van der Waals surface area contributed by atoms with Gasteiger partial charge >= 0.3 is 0 Å². The Labute approximate surface area is 208 Å². The Morgan fingerprint density at radius 1 is 1.35 bits per heavy atom. The quantitative estimate of drug-likeness (QED) is 0.209. The number of ether oxygens (including phenoxy) is 1. The zero-order valence-corrected chi connectivity index (χ0v) is 20.7. The topological polar surface area (TPSA) is 82.3 Å². The first-order valence-corrected chi connectivity index (χ1v) is 12.4. The molecule has 1 aliphatic rings. The normalized spacial score (nSPS) is 14.2. The minimum absolute atomic E-state index is 0.278. The highest BCUT2D eigenvalue weighted by Gasteiger charge is 2.17. The predicted molar refractivity (Wildman–Crippen MR) is 135 cm³/mol. The molecule has 1 aromatic heterocycles. The highest BCUT2D eigenvalue weighted by atomic mass is 32.2. The number of hydrogen-bond acceptors (Lipinski definition) is 6. The second-order valence-electron chi connectivity index (χ2n) is 8.00. The minimum Gasteiger partial charge on any atom is -0.496 e. The van der Waals surface area contributed by atoms with Crippen molar-refractivity contribution in [1.29, 1.82) is 5.26 Å². The lowest BCUT2D eigenvalue weighted by atomic mass is 9.96. The number of methoxy groups -OCH3 is 1. The monoisotopic (exact) mass is 503 g/mol. The molecule has 0 radical (unpaired) electrons. The van der Waals surface area contributed by atoms with Gasteiger partial charge in [-0.2, -0.15) is 10.4 Å². The average molecular weight is 504 g/mol. The van der Waals surface area contributed by atoms with E-state index in [0.717, 1.165) is 24.0 Å². The van der Waals surface area contributed by atoms with Crippen molar-refractivity contribution in [3.8, 4) is 11.8 Å². The lowest BCUT2D eigenvalue weighted by Crippen LogP contribution is -2.40. The zero-order chi connectivity index (χ0) is 24.5. The first-order valence-electron chi connectivity index (χ1n) is 11.0. The molecule has 0 spiro atoms. The first kappa shape index (κ1) is 25.8. The summed E-state index contributed by atoms with van der Waals surface area (Å²) in [5, 5.41) is 17.8. The average Bonchev–Trinajstić information content (AvgIpc) is 2.83. The second kappa shape index (κ2) is 12.6. The molecule has 34 heavy (non-hydrogen) atoms. The van der Waals surface area contributed by atoms with Crippen molar-refractivity contribution >= 4 is 35.3 Å². The molecule has 1 aromatic carbocycles. The van der Waals surface area contributed by atoms with E-state index in [1.165, 1.54) is 37.1 Å². The number of nitrogens with zero attached hydrogens (tertiary/aromatic N) is 3. The third-order valence-electron chi connectivity index (χ3n) is 5.53. The number of aromatic nitrogens is 1. The van der Waals surface area contributed by atoms with E-state index in [1.807, 2.05) is 18.2 Å². The molecule has 0 amide bonds. The van der Waals surface area contributed by atoms with Crippen LogP contribution < -0.4 is 15.5 Å². The smallest absolute Gasteiger partial charge is 0.280 e. The summed E-state index contributed by atoms with van der Waals surface area (Å²) < 4.78 is 31.8. The molecule has 3 rings (SSSR count). The fraction of sp³-hybridized carbons (Fsp3) is 0.417. The van der Waals surface area contributed by atoms with Crippen LogP contribution in [-0.2, 0) is 5.75 Å². The Bertz CT molecular complexity index is 1080. The number of hydrogen-bond donors (Lipinski definition) is 2. The summed E-state index contributed by atoms with van der Waals surface area (Å²) in [4.78, 5) is 4.01. The van der Waals surface area contributed by atoms with Crippen molar-refractivity contribution in [3.63, 3.8) is 0 Å². The molecule has 0 bridgehead atoms. The molecule has 1 fully saturated rings. The van der Waals surface area contributed by atoms with Crippen LogP contribution in [0.2, 0.25) is 0 Å². The largest absolute Gasteiger partial charge is 0.496 e. The number of nitriles is 1. The van der Waals surface area contributed by atoms with Crippen molar-refractivity contribution in [1.82, 2.24) is 15.7 Å². The number of aryl methyl sites for hydroxylation is 1. The van der Waals surface area contributed by atoms with E-state index in [0.29, 0.717) is 33.8 Å². The Kier molecular flexibility index (Phi) is 9.60. The SMILES string of the molecule is COc1ccc(/C=N\NC(=S)NC2CCCCC2)cc1CSc1nc(C(F)F)cc(C)c1C#N. The molecule has 2 aromatic rings. The summed E-state index contributed by atoms with van der Waals surface area (Å²) in [6.07, 6.45) is 4.90. The molecule has 1 saturated carbocycles. The lowest BCUT2D eigenvalue weighted by molar-refractivity contribution is 0.145. The maximum Gasteiger partial charge on any atom is 0.280 e. The van der Waals surface area contributed by atoms with Crippen LogP contribution in [0, 0.1) is 18.3 Å². The van der Waals surface area contributed by atoms with Crippen molar-refractivity contribution in [2.45, 2.75) is 62.3 Å². The zero-order valence-electron chi connectivity index (χ0n) is 19.1. The van der Waals surface area contributed by atoms with E-state index < -0.39 is 6.43 Å². The maximum absolute atomic E-state index is 13.2. The van der Waals surface area contributed by atoms with Gasteiger partial charge in [0.15, 0.2) is 5.11 Å². The van der Waals surface area contributed by atoms with E-state index in [-0.39, 0.29) is 10.7 Å². The molecule has 0 unspecified atom stereocenters. The molecule has 180 valence electrons. The molecular weight excluding hydrogens is 476 g/mol. The van der Waals surface area contributed by atoms with Gasteiger partial charge in [0.05, 0.1) is 18.9 Å². The van der Waals surface area contributed by atoms with Gasteiger partial charge in [-0.05, 0) is 67.4 Å². The summed E-state index contributed by atoms with van der Waals surface area (Å²) in [7, 11) is 1.56. The summed E-state index contributed by atoms with van der Waals surface area (Å²) in [6.45, 7) is 1.63. The maximum atomic E-state index is 13.2. The van der Waals surface area contributed by atoms with Crippen LogP contribution in [0.4, 0.5) is 8.78 Å². The van der Waals surface area contributed by atoms with Gasteiger partial charge in [0.2, 0.25) is 0 Å². The van der Waals surface area contributed by atoms with Crippen LogP contribution in [0.15, 0.2) is 34.4 Å². The number of thiocarbonyl (C=S) groups is 1. The highest BCUT2D eigenvalue weighted by Crippen LogP contribution is 2.32. The molecule has 6 nitrogen and oxygen atoms in total. The number of alkyl halides is 2. The Morgan fingerprint density at radius 2 is 2.12 bits per heavy atom. The van der Waals surface area contributed by atoms with Gasteiger partial charge in [-0.25, -0.2) is 13.8 Å². The van der Waals surface area contributed by atoms with Crippen molar-refractivity contribution in [2.75, 3.05) is 7.11 Å². The predicted octanol–water partition coefficient (Wildman–Crippen LogP) is 5.63. The molecule has 1 aliphatic carbocycles. The Hall–Kier alpha value is -2.77. The lowest BCUT2D eigenvalue weighted by Gasteiger charge is -2.23. The number of benzene rings is 1. The number of nitrogens with one attached hydrogen (secondary N) is 2. The van der Waals surface area contributed by atoms with E-state index in [1.54, 1.807) is 20.2 Å². The van der Waals surface area contributed by atoms with Crippen molar-refractivity contribution in [2.24, 2.45) is 5.10 Å². The fourth-order valence-electron chi connectivity index (χ4n) is 3.79. The Balaban J connectivity index is 1.68. The van der Waals surface area contributed by atoms with Crippen molar-refractivity contribution in [3.05, 3.63) is 52.2 Å². The summed E-state index contributed by atoms with van der Waals surface area (Å²) in [5.41, 5.74) is 4.94. The van der Waals surface area contributed by atoms with Gasteiger partial charge in [0.1, 0.15) is 22.5 Å². The van der Waals surface area contributed by atoms with Crippen LogP contribution in [-0.4, -0.2) is 29.5 Å². The fourth-order valence-corrected chi connectivity index (χ4v) is 5.05. The number of hydrazone groups is 1. The standard InChI is InChI=1S/C24H27F2N5OS2/c1-15-10-20(22(25)26)30-23(19(15)12-27)34-14-17-11-16(8-9-21(17)32-2)13-28-31-24(33)29-18-6-4-3-5-7-18/h8-11,13,18,22H,3-7,14H2,1-2H3,(H2,29,31,33)/b28-13-. The van der Waals surface area contributed by atoms with Crippen LogP contribution in [0.5, 0.6) is 5.75 Å². The highest BCUT2D eigenvalue weighted by molar-refractivity contribution is 7.98. The molecule has 2 N–H and O–H groups in total. The summed E-state index contributed by atoms with van der Waals surface area (Å²) >= 11 is 6.55. The van der Waals surface area contributed by atoms with Gasteiger partial charge in [-0.15, -0.1) is 11.8 Å². The van der Waals surface area contributed by atoms with Gasteiger partial charge < -0.3 is 10.1 Å². The molecule has 1 heterocycles. The van der Waals surface area contributed by atoms with Gasteiger partial charge in [-0.3, -0.25) is 5.43 Å². The van der Waals surface area contributed by atoms with E-state index in [2.05, 4.69) is 26.9 Å². The van der Waals surface area contributed by atoms with Gasteiger partial charge in [0.25, 0.3) is 6.43 Å². The molecule has 0 atom stereocenters. The van der Waals surface area contributed by atoms with Crippen LogP contribution in [0.1, 0.15) is 66.5 Å². The van der Waals surface area contributed by atoms with E-state index >= 15 is 0 Å². The minimum atomic E-state index is -2.70. The molecular formula is C24H27F2N5OS2. The first-order chi connectivity index (χ1) is 16.4. The third kappa shape index (κ3) is 7.11. The summed E-state index contributed by atoms with van der Waals surface area (Å²) in [5.74, 6) is 1.03. The van der Waals surface area contributed by atoms with Gasteiger partial charge in [0, 0.05) is 17.4 Å².